The number of amides is 1. The van der Waals surface area contributed by atoms with Crippen molar-refractivity contribution in [2.45, 2.75) is 25.9 Å². The number of hydrogen-bond acceptors (Lipinski definition) is 6. The van der Waals surface area contributed by atoms with Gasteiger partial charge in [0, 0.05) is 29.9 Å². The Morgan fingerprint density at radius 1 is 1.03 bits per heavy atom. The third kappa shape index (κ3) is 5.24. The summed E-state index contributed by atoms with van der Waals surface area (Å²) in [4.78, 5) is 38.4. The van der Waals surface area contributed by atoms with E-state index in [9.17, 15) is 22.8 Å². The second-order valence-electron chi connectivity index (χ2n) is 7.06. The number of benzene rings is 2. The summed E-state index contributed by atoms with van der Waals surface area (Å²) < 4.78 is 30.1. The van der Waals surface area contributed by atoms with Crippen molar-refractivity contribution >= 4 is 39.1 Å². The molecule has 0 aliphatic carbocycles. The zero-order valence-electron chi connectivity index (χ0n) is 16.6. The predicted molar refractivity (Wildman–Crippen MR) is 112 cm³/mol. The average molecular weight is 430 g/mol. The van der Waals surface area contributed by atoms with Gasteiger partial charge in [0.05, 0.1) is 11.8 Å². The third-order valence-electron chi connectivity index (χ3n) is 4.61. The normalized spacial score (nSPS) is 15.0. The molecule has 0 radical (unpaired) electrons. The van der Waals surface area contributed by atoms with Crippen LogP contribution in [0.15, 0.2) is 48.5 Å². The molecule has 2 aromatic rings. The smallest absolute Gasteiger partial charge is 0.338 e. The highest BCUT2D eigenvalue weighted by molar-refractivity contribution is 7.92. The van der Waals surface area contributed by atoms with E-state index in [1.54, 1.807) is 29.2 Å². The van der Waals surface area contributed by atoms with Gasteiger partial charge in [-0.15, -0.1) is 0 Å². The molecular formula is C21H22N2O6S. The minimum atomic E-state index is -3.41. The van der Waals surface area contributed by atoms with Crippen LogP contribution in [-0.2, 0) is 19.6 Å². The lowest BCUT2D eigenvalue weighted by Gasteiger charge is -2.16. The molecule has 1 fully saturated rings. The molecule has 0 saturated carbocycles. The third-order valence-corrected chi connectivity index (χ3v) is 5.22. The van der Waals surface area contributed by atoms with Gasteiger partial charge >= 0.3 is 5.97 Å². The summed E-state index contributed by atoms with van der Waals surface area (Å²) in [5, 5.41) is 0. The maximum Gasteiger partial charge on any atom is 0.338 e. The number of hydrogen-bond donors (Lipinski definition) is 1. The van der Waals surface area contributed by atoms with Gasteiger partial charge in [-0.1, -0.05) is 0 Å². The summed E-state index contributed by atoms with van der Waals surface area (Å²) in [7, 11) is -3.41. The zero-order valence-corrected chi connectivity index (χ0v) is 17.4. The van der Waals surface area contributed by atoms with E-state index in [-0.39, 0.29) is 17.0 Å². The molecule has 1 saturated heterocycles. The monoisotopic (exact) mass is 430 g/mol. The van der Waals surface area contributed by atoms with Crippen LogP contribution >= 0.6 is 0 Å². The molecule has 1 atom stereocenters. The van der Waals surface area contributed by atoms with Crippen LogP contribution in [0.5, 0.6) is 0 Å². The number of sulfonamides is 1. The summed E-state index contributed by atoms with van der Waals surface area (Å²) in [6, 6.07) is 12.3. The topological polar surface area (TPSA) is 110 Å². The first-order chi connectivity index (χ1) is 14.1. The van der Waals surface area contributed by atoms with Crippen LogP contribution in [0, 0.1) is 0 Å². The molecular weight excluding hydrogens is 408 g/mol. The maximum atomic E-state index is 12.5. The number of carbonyl (C=O) groups excluding carboxylic acids is 3. The largest absolute Gasteiger partial charge is 0.451 e. The molecule has 1 N–H and O–H groups in total. The van der Waals surface area contributed by atoms with Crippen LogP contribution in [0.4, 0.5) is 11.4 Å². The van der Waals surface area contributed by atoms with Gasteiger partial charge in [-0.05, 0) is 61.9 Å². The Labute approximate surface area is 174 Å². The SMILES string of the molecule is C[C@H](OC(=O)c1ccc(N2CCCC2=O)cc1)C(=O)c1ccc(NS(C)(=O)=O)cc1. The van der Waals surface area contributed by atoms with Crippen molar-refractivity contribution in [2.24, 2.45) is 0 Å². The van der Waals surface area contributed by atoms with Crippen LogP contribution in [0.3, 0.4) is 0 Å². The quantitative estimate of drug-likeness (QED) is 0.534. The molecule has 2 aromatic carbocycles. The Morgan fingerprint density at radius 2 is 1.63 bits per heavy atom. The molecule has 9 heteroatoms. The molecule has 0 spiro atoms. The lowest BCUT2D eigenvalue weighted by Crippen LogP contribution is -2.25. The van der Waals surface area contributed by atoms with Crippen molar-refractivity contribution in [1.82, 2.24) is 0 Å². The number of ether oxygens (including phenoxy) is 1. The van der Waals surface area contributed by atoms with E-state index in [2.05, 4.69) is 4.72 Å². The number of Topliss-reactive ketones (excluding diaryl/α,β-unsaturated/α-hetero) is 1. The van der Waals surface area contributed by atoms with Crippen molar-refractivity contribution < 1.29 is 27.5 Å². The highest BCUT2D eigenvalue weighted by atomic mass is 32.2. The number of carbonyl (C=O) groups is 3. The average Bonchev–Trinajstić information content (AvgIpc) is 3.12. The van der Waals surface area contributed by atoms with Gasteiger partial charge in [-0.2, -0.15) is 0 Å². The number of anilines is 2. The Morgan fingerprint density at radius 3 is 2.17 bits per heavy atom. The maximum absolute atomic E-state index is 12.5. The molecule has 1 aliphatic heterocycles. The molecule has 30 heavy (non-hydrogen) atoms. The Hall–Kier alpha value is -3.20. The van der Waals surface area contributed by atoms with Crippen molar-refractivity contribution in [3.8, 4) is 0 Å². The molecule has 1 aliphatic rings. The summed E-state index contributed by atoms with van der Waals surface area (Å²) in [6.07, 6.45) is 1.34. The summed E-state index contributed by atoms with van der Waals surface area (Å²) in [6.45, 7) is 2.13. The molecule has 1 amide bonds. The summed E-state index contributed by atoms with van der Waals surface area (Å²) in [5.41, 5.74) is 1.62. The lowest BCUT2D eigenvalue weighted by atomic mass is 10.1. The molecule has 0 aromatic heterocycles. The second kappa shape index (κ2) is 8.66. The second-order valence-corrected chi connectivity index (χ2v) is 8.81. The van der Waals surface area contributed by atoms with Gasteiger partial charge in [0.15, 0.2) is 6.10 Å². The van der Waals surface area contributed by atoms with E-state index in [1.807, 2.05) is 0 Å². The zero-order chi connectivity index (χ0) is 21.9. The van der Waals surface area contributed by atoms with E-state index in [4.69, 9.17) is 4.74 Å². The van der Waals surface area contributed by atoms with Gasteiger partial charge in [-0.25, -0.2) is 13.2 Å². The van der Waals surface area contributed by atoms with Crippen LogP contribution in [0.25, 0.3) is 0 Å². The first-order valence-electron chi connectivity index (χ1n) is 9.37. The van der Waals surface area contributed by atoms with E-state index in [1.165, 1.54) is 31.2 Å². The highest BCUT2D eigenvalue weighted by Crippen LogP contribution is 2.22. The minimum Gasteiger partial charge on any atom is -0.451 e. The van der Waals surface area contributed by atoms with E-state index < -0.39 is 27.9 Å². The van der Waals surface area contributed by atoms with Gasteiger partial charge in [-0.3, -0.25) is 14.3 Å². The number of nitrogens with zero attached hydrogens (tertiary/aromatic N) is 1. The number of nitrogens with one attached hydrogen (secondary N) is 1. The van der Waals surface area contributed by atoms with Gasteiger partial charge in [0.2, 0.25) is 21.7 Å². The van der Waals surface area contributed by atoms with Crippen LogP contribution in [0.2, 0.25) is 0 Å². The molecule has 1 heterocycles. The van der Waals surface area contributed by atoms with Gasteiger partial charge in [0.25, 0.3) is 0 Å². The number of ketones is 1. The standard InChI is InChI=1S/C21H22N2O6S/c1-14(20(25)15-5-9-17(10-6-15)22-30(2,27)28)29-21(26)16-7-11-18(12-8-16)23-13-3-4-19(23)24/h5-12,14,22H,3-4,13H2,1-2H3/t14-/m0/s1. The van der Waals surface area contributed by atoms with Crippen LogP contribution in [-0.4, -0.2) is 45.0 Å². The summed E-state index contributed by atoms with van der Waals surface area (Å²) in [5.74, 6) is -0.999. The van der Waals surface area contributed by atoms with Gasteiger partial charge in [0.1, 0.15) is 0 Å². The predicted octanol–water partition coefficient (Wildman–Crippen LogP) is 2.61. The number of esters is 1. The van der Waals surface area contributed by atoms with E-state index in [0.29, 0.717) is 18.7 Å². The van der Waals surface area contributed by atoms with Crippen molar-refractivity contribution in [3.05, 3.63) is 59.7 Å². The molecule has 3 rings (SSSR count). The Bertz CT molecular complexity index is 1060. The fourth-order valence-corrected chi connectivity index (χ4v) is 3.70. The first kappa shape index (κ1) is 21.5. The summed E-state index contributed by atoms with van der Waals surface area (Å²) >= 11 is 0. The van der Waals surface area contributed by atoms with Crippen molar-refractivity contribution in [2.75, 3.05) is 22.4 Å². The van der Waals surface area contributed by atoms with E-state index in [0.717, 1.165) is 18.4 Å². The minimum absolute atomic E-state index is 0.0577. The fourth-order valence-electron chi connectivity index (χ4n) is 3.13. The molecule has 158 valence electrons. The van der Waals surface area contributed by atoms with Crippen LogP contribution in [0.1, 0.15) is 40.5 Å². The van der Waals surface area contributed by atoms with Crippen LogP contribution < -0.4 is 9.62 Å². The lowest BCUT2D eigenvalue weighted by molar-refractivity contribution is -0.117. The molecule has 0 bridgehead atoms. The molecule has 8 nitrogen and oxygen atoms in total. The van der Waals surface area contributed by atoms with Crippen molar-refractivity contribution in [3.63, 3.8) is 0 Å². The first-order valence-corrected chi connectivity index (χ1v) is 11.3. The number of rotatable bonds is 7. The van der Waals surface area contributed by atoms with E-state index >= 15 is 0 Å². The Balaban J connectivity index is 1.62. The van der Waals surface area contributed by atoms with Crippen molar-refractivity contribution in [1.29, 1.82) is 0 Å². The highest BCUT2D eigenvalue weighted by Gasteiger charge is 2.23. The van der Waals surface area contributed by atoms with Gasteiger partial charge < -0.3 is 9.64 Å². The molecule has 0 unspecified atom stereocenters. The fraction of sp³-hybridized carbons (Fsp3) is 0.286. The Kier molecular flexibility index (Phi) is 6.21.